The van der Waals surface area contributed by atoms with Crippen molar-refractivity contribution in [3.05, 3.63) is 47.4 Å². The van der Waals surface area contributed by atoms with Crippen LogP contribution in [0.2, 0.25) is 0 Å². The summed E-state index contributed by atoms with van der Waals surface area (Å²) < 4.78 is 18.1. The van der Waals surface area contributed by atoms with Gasteiger partial charge in [0.25, 0.3) is 0 Å². The van der Waals surface area contributed by atoms with E-state index < -0.39 is 6.10 Å². The minimum absolute atomic E-state index is 0.172. The quantitative estimate of drug-likeness (QED) is 0.888. The van der Waals surface area contributed by atoms with Gasteiger partial charge in [0.1, 0.15) is 5.82 Å². The second kappa shape index (κ2) is 6.54. The molecular formula is C16H22FN3O2. The Labute approximate surface area is 129 Å². The summed E-state index contributed by atoms with van der Waals surface area (Å²) in [5, 5.41) is 17.2. The molecule has 0 aliphatic carbocycles. The van der Waals surface area contributed by atoms with Gasteiger partial charge in [-0.15, -0.1) is 0 Å². The molecule has 5 nitrogen and oxygen atoms in total. The molecule has 2 aromatic rings. The van der Waals surface area contributed by atoms with E-state index in [0.29, 0.717) is 23.8 Å². The average Bonchev–Trinajstić information content (AvgIpc) is 2.95. The minimum atomic E-state index is -0.729. The van der Waals surface area contributed by atoms with Crippen molar-refractivity contribution in [3.63, 3.8) is 0 Å². The normalized spacial score (nSPS) is 14.8. The number of aromatic nitrogens is 2. The lowest BCUT2D eigenvalue weighted by Gasteiger charge is -2.15. The lowest BCUT2D eigenvalue weighted by atomic mass is 9.96. The van der Waals surface area contributed by atoms with Gasteiger partial charge in [-0.2, -0.15) is 4.98 Å². The molecule has 2 atom stereocenters. The highest BCUT2D eigenvalue weighted by Crippen LogP contribution is 2.21. The van der Waals surface area contributed by atoms with Gasteiger partial charge in [0.2, 0.25) is 5.89 Å². The zero-order chi connectivity index (χ0) is 16.3. The van der Waals surface area contributed by atoms with E-state index in [-0.39, 0.29) is 17.3 Å². The van der Waals surface area contributed by atoms with Crippen molar-refractivity contribution in [2.45, 2.75) is 45.3 Å². The number of benzene rings is 1. The summed E-state index contributed by atoms with van der Waals surface area (Å²) in [4.78, 5) is 4.37. The first kappa shape index (κ1) is 16.6. The third kappa shape index (κ3) is 4.11. The third-order valence-corrected chi connectivity index (χ3v) is 3.36. The van der Waals surface area contributed by atoms with Crippen molar-refractivity contribution in [3.8, 4) is 0 Å². The summed E-state index contributed by atoms with van der Waals surface area (Å²) in [6.07, 6.45) is -0.729. The average molecular weight is 307 g/mol. The van der Waals surface area contributed by atoms with Crippen LogP contribution in [-0.4, -0.2) is 21.8 Å². The smallest absolute Gasteiger partial charge is 0.243 e. The van der Waals surface area contributed by atoms with Gasteiger partial charge in [0.15, 0.2) is 5.82 Å². The number of hydrogen-bond donors (Lipinski definition) is 2. The van der Waals surface area contributed by atoms with E-state index in [2.05, 4.69) is 15.5 Å². The highest BCUT2D eigenvalue weighted by atomic mass is 19.1. The second-order valence-electron chi connectivity index (χ2n) is 6.40. The van der Waals surface area contributed by atoms with Crippen LogP contribution in [-0.2, 0) is 5.41 Å². The molecule has 120 valence electrons. The Morgan fingerprint density at radius 3 is 2.45 bits per heavy atom. The molecule has 0 bridgehead atoms. The molecule has 1 aromatic heterocycles. The molecule has 0 radical (unpaired) electrons. The Bertz CT molecular complexity index is 605. The molecule has 0 saturated carbocycles. The van der Waals surface area contributed by atoms with E-state index in [1.807, 2.05) is 27.7 Å². The fourth-order valence-corrected chi connectivity index (χ4v) is 1.89. The summed E-state index contributed by atoms with van der Waals surface area (Å²) in [5.41, 5.74) is 0.483. The van der Waals surface area contributed by atoms with Crippen molar-refractivity contribution in [2.24, 2.45) is 0 Å². The largest absolute Gasteiger partial charge is 0.387 e. The summed E-state index contributed by atoms with van der Waals surface area (Å²) >= 11 is 0. The van der Waals surface area contributed by atoms with Crippen LogP contribution in [0.25, 0.3) is 0 Å². The van der Waals surface area contributed by atoms with E-state index in [4.69, 9.17) is 4.52 Å². The van der Waals surface area contributed by atoms with Crippen molar-refractivity contribution in [2.75, 3.05) is 6.54 Å². The van der Waals surface area contributed by atoms with Crippen molar-refractivity contribution >= 4 is 0 Å². The van der Waals surface area contributed by atoms with Crippen molar-refractivity contribution < 1.29 is 14.0 Å². The topological polar surface area (TPSA) is 71.2 Å². The Morgan fingerprint density at radius 1 is 1.27 bits per heavy atom. The van der Waals surface area contributed by atoms with Crippen LogP contribution >= 0.6 is 0 Å². The minimum Gasteiger partial charge on any atom is -0.387 e. The van der Waals surface area contributed by atoms with Crippen molar-refractivity contribution in [1.82, 2.24) is 15.5 Å². The lowest BCUT2D eigenvalue weighted by molar-refractivity contribution is 0.167. The zero-order valence-corrected chi connectivity index (χ0v) is 13.3. The molecule has 0 fully saturated rings. The molecule has 0 amide bonds. The Hall–Kier alpha value is -1.79. The molecule has 1 aromatic carbocycles. The maximum absolute atomic E-state index is 12.9. The molecule has 0 aliphatic heterocycles. The van der Waals surface area contributed by atoms with Crippen LogP contribution in [0.1, 0.15) is 57.1 Å². The SMILES string of the molecule is C[C@@H](NC[C@H](O)c1ccc(F)cc1)c1nc(C(C)(C)C)no1. The molecule has 1 heterocycles. The van der Waals surface area contributed by atoms with Crippen LogP contribution in [0, 0.1) is 5.82 Å². The molecule has 0 saturated heterocycles. The lowest BCUT2D eigenvalue weighted by Crippen LogP contribution is -2.25. The van der Waals surface area contributed by atoms with Crippen LogP contribution in [0.3, 0.4) is 0 Å². The number of rotatable bonds is 5. The zero-order valence-electron chi connectivity index (χ0n) is 13.3. The number of nitrogens with zero attached hydrogens (tertiary/aromatic N) is 2. The van der Waals surface area contributed by atoms with E-state index >= 15 is 0 Å². The van der Waals surface area contributed by atoms with Gasteiger partial charge in [-0.05, 0) is 24.6 Å². The predicted octanol–water partition coefficient (Wildman–Crippen LogP) is 2.89. The summed E-state index contributed by atoms with van der Waals surface area (Å²) in [5.74, 6) is 0.810. The Balaban J connectivity index is 1.93. The number of halogens is 1. The van der Waals surface area contributed by atoms with Gasteiger partial charge < -0.3 is 14.9 Å². The number of aliphatic hydroxyl groups is 1. The third-order valence-electron chi connectivity index (χ3n) is 3.36. The fraction of sp³-hybridized carbons (Fsp3) is 0.500. The van der Waals surface area contributed by atoms with E-state index in [9.17, 15) is 9.50 Å². The van der Waals surface area contributed by atoms with E-state index in [1.54, 1.807) is 12.1 Å². The second-order valence-corrected chi connectivity index (χ2v) is 6.40. The fourth-order valence-electron chi connectivity index (χ4n) is 1.89. The summed E-state index contributed by atoms with van der Waals surface area (Å²) in [6, 6.07) is 5.61. The number of hydrogen-bond acceptors (Lipinski definition) is 5. The molecule has 6 heteroatoms. The highest BCUT2D eigenvalue weighted by Gasteiger charge is 2.23. The van der Waals surface area contributed by atoms with Crippen LogP contribution in [0.5, 0.6) is 0 Å². The summed E-state index contributed by atoms with van der Waals surface area (Å²) in [7, 11) is 0. The maximum Gasteiger partial charge on any atom is 0.243 e. The maximum atomic E-state index is 12.9. The summed E-state index contributed by atoms with van der Waals surface area (Å²) in [6.45, 7) is 8.23. The molecule has 0 unspecified atom stereocenters. The van der Waals surface area contributed by atoms with E-state index in [0.717, 1.165) is 0 Å². The number of aliphatic hydroxyl groups excluding tert-OH is 1. The van der Waals surface area contributed by atoms with Gasteiger partial charge in [-0.25, -0.2) is 4.39 Å². The molecular weight excluding hydrogens is 285 g/mol. The predicted molar refractivity (Wildman–Crippen MR) is 80.8 cm³/mol. The molecule has 22 heavy (non-hydrogen) atoms. The van der Waals surface area contributed by atoms with Gasteiger partial charge in [-0.3, -0.25) is 0 Å². The standard InChI is InChI=1S/C16H22FN3O2/c1-10(14-19-15(20-22-14)16(2,3)4)18-9-13(21)11-5-7-12(17)8-6-11/h5-8,10,13,18,21H,9H2,1-4H3/t10-,13+/m1/s1. The molecule has 0 spiro atoms. The van der Waals surface area contributed by atoms with Gasteiger partial charge in [0.05, 0.1) is 12.1 Å². The molecule has 2 N–H and O–H groups in total. The van der Waals surface area contributed by atoms with Crippen molar-refractivity contribution in [1.29, 1.82) is 0 Å². The highest BCUT2D eigenvalue weighted by molar-refractivity contribution is 5.18. The molecule has 2 rings (SSSR count). The first-order valence-electron chi connectivity index (χ1n) is 7.28. The van der Waals surface area contributed by atoms with E-state index in [1.165, 1.54) is 12.1 Å². The van der Waals surface area contributed by atoms with Crippen LogP contribution in [0.4, 0.5) is 4.39 Å². The molecule has 0 aliphatic rings. The van der Waals surface area contributed by atoms with Gasteiger partial charge in [-0.1, -0.05) is 38.1 Å². The van der Waals surface area contributed by atoms with Crippen LogP contribution in [0.15, 0.2) is 28.8 Å². The van der Waals surface area contributed by atoms with Crippen LogP contribution < -0.4 is 5.32 Å². The Morgan fingerprint density at radius 2 is 1.91 bits per heavy atom. The van der Waals surface area contributed by atoms with Gasteiger partial charge >= 0.3 is 0 Å². The first-order chi connectivity index (χ1) is 10.3. The number of nitrogens with one attached hydrogen (secondary N) is 1. The monoisotopic (exact) mass is 307 g/mol. The Kier molecular flexibility index (Phi) is 4.93. The first-order valence-corrected chi connectivity index (χ1v) is 7.28. The van der Waals surface area contributed by atoms with Gasteiger partial charge in [0, 0.05) is 12.0 Å².